The predicted molar refractivity (Wildman–Crippen MR) is 54.4 cm³/mol. The zero-order valence-electron chi connectivity index (χ0n) is 10.1. The quantitative estimate of drug-likeness (QED) is 0.468. The van der Waals surface area contributed by atoms with Gasteiger partial charge in [0.1, 0.15) is 0 Å². The molecule has 0 nitrogen and oxygen atoms in total. The molecular formula is C11H16Os. The standard InChI is InChI=1S/C5H5.2C3H4.Os.3H/c1-2-4-5-3-1;2*1-3-2;;;;/h1-3H,4H2;2*1-2H2;;;;/q-1;;;+4;3*-1. The fraction of sp³-hybridized carbons (Fsp3) is 0.0909. The predicted octanol–water partition coefficient (Wildman–Crippen LogP) is 3.56. The van der Waals surface area contributed by atoms with Crippen LogP contribution in [0.4, 0.5) is 0 Å². The molecule has 0 amide bonds. The van der Waals surface area contributed by atoms with Crippen molar-refractivity contribution in [1.82, 2.24) is 0 Å². The summed E-state index contributed by atoms with van der Waals surface area (Å²) in [4.78, 5) is 0. The molecule has 0 aliphatic heterocycles. The van der Waals surface area contributed by atoms with E-state index in [1.54, 1.807) is 0 Å². The molecule has 0 spiro atoms. The number of allylic oxidation sites excluding steroid dienone is 4. The van der Waals surface area contributed by atoms with Crippen LogP contribution in [0, 0.1) is 6.08 Å². The minimum atomic E-state index is 0. The molecule has 1 rings (SSSR count). The molecule has 0 bridgehead atoms. The van der Waals surface area contributed by atoms with Crippen molar-refractivity contribution < 1.29 is 24.1 Å². The largest absolute Gasteiger partial charge is 4.00 e. The summed E-state index contributed by atoms with van der Waals surface area (Å²) in [5, 5.41) is 0. The molecule has 0 radical (unpaired) electrons. The molecule has 0 fully saturated rings. The van der Waals surface area contributed by atoms with Crippen LogP contribution in [-0.2, 0) is 19.8 Å². The Balaban J connectivity index is -0.0000000187. The van der Waals surface area contributed by atoms with E-state index in [2.05, 4.69) is 49.9 Å². The molecule has 1 heteroatoms. The van der Waals surface area contributed by atoms with Gasteiger partial charge in [-0.05, 0) is 0 Å². The van der Waals surface area contributed by atoms with Crippen molar-refractivity contribution in [3.63, 3.8) is 0 Å². The normalized spacial score (nSPS) is 8.67. The minimum absolute atomic E-state index is 0. The van der Waals surface area contributed by atoms with Gasteiger partial charge in [0, 0.05) is 0 Å². The van der Waals surface area contributed by atoms with Gasteiger partial charge in [-0.2, -0.15) is 6.08 Å². The fourth-order valence-electron chi connectivity index (χ4n) is 0.340. The maximum absolute atomic E-state index is 3.12. The Bertz CT molecular complexity index is 174. The summed E-state index contributed by atoms with van der Waals surface area (Å²) in [7, 11) is 0. The third-order valence-corrected chi connectivity index (χ3v) is 0.586. The van der Waals surface area contributed by atoms with Crippen molar-refractivity contribution in [2.45, 2.75) is 6.42 Å². The number of rotatable bonds is 0. The van der Waals surface area contributed by atoms with E-state index in [0.29, 0.717) is 0 Å². The van der Waals surface area contributed by atoms with E-state index in [9.17, 15) is 0 Å². The molecule has 0 heterocycles. The zero-order valence-corrected chi connectivity index (χ0v) is 9.66. The van der Waals surface area contributed by atoms with Gasteiger partial charge in [0.25, 0.3) is 0 Å². The fourth-order valence-corrected chi connectivity index (χ4v) is 0.340. The summed E-state index contributed by atoms with van der Waals surface area (Å²) in [6, 6.07) is 0. The number of hydrogen-bond acceptors (Lipinski definition) is 0. The van der Waals surface area contributed by atoms with Crippen LogP contribution >= 0.6 is 0 Å². The Morgan fingerprint density at radius 1 is 1.17 bits per heavy atom. The summed E-state index contributed by atoms with van der Waals surface area (Å²) in [6.07, 6.45) is 10.0. The van der Waals surface area contributed by atoms with Crippen LogP contribution in [0.3, 0.4) is 0 Å². The van der Waals surface area contributed by atoms with Crippen molar-refractivity contribution >= 4 is 0 Å². The Kier molecular flexibility index (Phi) is 32.4. The third kappa shape index (κ3) is 35.3. The SMILES string of the molecule is C=C=C.C=C=C.[C-]1=CC=CC1.[H-].[H-].[H-].[Os+4]. The Morgan fingerprint density at radius 2 is 1.58 bits per heavy atom. The minimum Gasteiger partial charge on any atom is -1.00 e. The van der Waals surface area contributed by atoms with Crippen LogP contribution in [0.1, 0.15) is 10.7 Å². The smallest absolute Gasteiger partial charge is 1.00 e. The maximum Gasteiger partial charge on any atom is 4.00 e. The van der Waals surface area contributed by atoms with Gasteiger partial charge >= 0.3 is 19.8 Å². The molecule has 1 aliphatic carbocycles. The molecule has 0 saturated carbocycles. The summed E-state index contributed by atoms with van der Waals surface area (Å²) in [6.45, 7) is 12.5. The van der Waals surface area contributed by atoms with Crippen molar-refractivity contribution in [3.05, 3.63) is 62.1 Å². The molecule has 0 aromatic heterocycles. The van der Waals surface area contributed by atoms with E-state index in [0.717, 1.165) is 6.42 Å². The molecule has 0 saturated heterocycles. The molecule has 0 N–H and O–H groups in total. The van der Waals surface area contributed by atoms with Gasteiger partial charge in [-0.1, -0.05) is 26.3 Å². The second-order valence-corrected chi connectivity index (χ2v) is 1.50. The van der Waals surface area contributed by atoms with Gasteiger partial charge in [0.15, 0.2) is 0 Å². The van der Waals surface area contributed by atoms with Gasteiger partial charge in [-0.15, -0.1) is 17.9 Å². The summed E-state index contributed by atoms with van der Waals surface area (Å²) in [5.74, 6) is 0. The summed E-state index contributed by atoms with van der Waals surface area (Å²) < 4.78 is 0. The third-order valence-electron chi connectivity index (χ3n) is 0.586. The van der Waals surface area contributed by atoms with E-state index < -0.39 is 0 Å². The average Bonchev–Trinajstić information content (AvgIpc) is 2.44. The zero-order chi connectivity index (χ0) is 8.95. The van der Waals surface area contributed by atoms with Crippen LogP contribution in [0.25, 0.3) is 0 Å². The summed E-state index contributed by atoms with van der Waals surface area (Å²) >= 11 is 0. The van der Waals surface area contributed by atoms with Gasteiger partial charge in [0.05, 0.1) is 0 Å². The molecule has 68 valence electrons. The maximum atomic E-state index is 3.12. The molecule has 0 atom stereocenters. The first-order valence-electron chi connectivity index (χ1n) is 3.13. The van der Waals surface area contributed by atoms with Crippen molar-refractivity contribution in [2.75, 3.05) is 0 Å². The van der Waals surface area contributed by atoms with E-state index >= 15 is 0 Å². The van der Waals surface area contributed by atoms with Crippen LogP contribution in [0.5, 0.6) is 0 Å². The molecule has 0 aromatic rings. The van der Waals surface area contributed by atoms with Crippen LogP contribution in [0.15, 0.2) is 56.0 Å². The van der Waals surface area contributed by atoms with Crippen LogP contribution in [-0.4, -0.2) is 0 Å². The first kappa shape index (κ1) is 17.3. The van der Waals surface area contributed by atoms with Gasteiger partial charge in [-0.3, -0.25) is 6.08 Å². The monoisotopic (exact) mass is 340 g/mol. The topological polar surface area (TPSA) is 0 Å². The van der Waals surface area contributed by atoms with Crippen LogP contribution < -0.4 is 0 Å². The van der Waals surface area contributed by atoms with Crippen LogP contribution in [0.2, 0.25) is 0 Å². The summed E-state index contributed by atoms with van der Waals surface area (Å²) in [5.41, 5.74) is 4.50. The van der Waals surface area contributed by atoms with E-state index in [1.807, 2.05) is 12.2 Å². The Labute approximate surface area is 92.9 Å². The van der Waals surface area contributed by atoms with Crippen molar-refractivity contribution in [2.24, 2.45) is 0 Å². The van der Waals surface area contributed by atoms with E-state index in [1.165, 1.54) is 0 Å². The average molecular weight is 338 g/mol. The van der Waals surface area contributed by atoms with E-state index in [4.69, 9.17) is 0 Å². The van der Waals surface area contributed by atoms with Gasteiger partial charge in [0.2, 0.25) is 0 Å². The molecule has 0 unspecified atom stereocenters. The second-order valence-electron chi connectivity index (χ2n) is 1.50. The molecule has 0 aromatic carbocycles. The van der Waals surface area contributed by atoms with Gasteiger partial charge < -0.3 is 4.28 Å². The Morgan fingerprint density at radius 3 is 1.67 bits per heavy atom. The first-order chi connectivity index (χ1) is 5.33. The molecule has 12 heavy (non-hydrogen) atoms. The molecular weight excluding hydrogens is 322 g/mol. The first-order valence-corrected chi connectivity index (χ1v) is 3.13. The molecule has 1 aliphatic rings. The van der Waals surface area contributed by atoms with Crippen molar-refractivity contribution in [3.8, 4) is 0 Å². The van der Waals surface area contributed by atoms with Gasteiger partial charge in [-0.25, -0.2) is 12.2 Å². The Hall–Kier alpha value is -0.844. The second kappa shape index (κ2) is 22.5. The van der Waals surface area contributed by atoms with Crippen molar-refractivity contribution in [1.29, 1.82) is 0 Å². The number of hydrogen-bond donors (Lipinski definition) is 0. The van der Waals surface area contributed by atoms with E-state index in [-0.39, 0.29) is 24.1 Å².